The van der Waals surface area contributed by atoms with Gasteiger partial charge >= 0.3 is 0 Å². The highest BCUT2D eigenvalue weighted by Crippen LogP contribution is 2.35. The van der Waals surface area contributed by atoms with E-state index in [1.165, 1.54) is 44.9 Å². The van der Waals surface area contributed by atoms with Gasteiger partial charge in [0.25, 0.3) is 6.08 Å². The molecule has 20 heavy (non-hydrogen) atoms. The van der Waals surface area contributed by atoms with Crippen molar-refractivity contribution < 1.29 is 4.39 Å². The summed E-state index contributed by atoms with van der Waals surface area (Å²) in [6.45, 7) is 6.74. The van der Waals surface area contributed by atoms with Crippen LogP contribution < -0.4 is 0 Å². The Morgan fingerprint density at radius 2 is 1.60 bits per heavy atom. The summed E-state index contributed by atoms with van der Waals surface area (Å²) in [4.78, 5) is 3.85. The lowest BCUT2D eigenvalue weighted by Crippen LogP contribution is -2.25. The highest BCUT2D eigenvalue weighted by atomic mass is 19.1. The van der Waals surface area contributed by atoms with Gasteiger partial charge in [-0.1, -0.05) is 65.7 Å². The molecule has 1 atom stereocenters. The van der Waals surface area contributed by atoms with E-state index in [-0.39, 0.29) is 11.5 Å². The van der Waals surface area contributed by atoms with Crippen molar-refractivity contribution >= 4 is 0 Å². The zero-order valence-electron chi connectivity index (χ0n) is 13.7. The van der Waals surface area contributed by atoms with E-state index < -0.39 is 0 Å². The van der Waals surface area contributed by atoms with Gasteiger partial charge in [0.05, 0.1) is 6.20 Å². The van der Waals surface area contributed by atoms with Crippen LogP contribution in [0.25, 0.3) is 0 Å². The Balaban J connectivity index is 2.74. The molecule has 0 fully saturated rings. The van der Waals surface area contributed by atoms with E-state index in [1.807, 2.05) is 0 Å². The summed E-state index contributed by atoms with van der Waals surface area (Å²) in [5.41, 5.74) is 1.12. The molecule has 0 amide bonds. The van der Waals surface area contributed by atoms with Gasteiger partial charge in [0, 0.05) is 18.2 Å². The average molecular weight is 282 g/mol. The highest BCUT2D eigenvalue weighted by Gasteiger charge is 2.29. The Morgan fingerprint density at radius 1 is 1.05 bits per heavy atom. The standard InChI is InChI=1S/C17H31FN2/c1-5-7-9-11-13-17(3,12-10-8-6-2)15-14-19-16(18)20(15)4/h14H,5-13H2,1-4H3. The summed E-state index contributed by atoms with van der Waals surface area (Å²) in [5, 5.41) is 0. The molecule has 0 aliphatic rings. The molecule has 0 aromatic carbocycles. The molecule has 116 valence electrons. The smallest absolute Gasteiger partial charge is 0.289 e. The number of imidazole rings is 1. The number of hydrogen-bond donors (Lipinski definition) is 0. The third-order valence-electron chi connectivity index (χ3n) is 4.46. The lowest BCUT2D eigenvalue weighted by molar-refractivity contribution is 0.341. The fraction of sp³-hybridized carbons (Fsp3) is 0.824. The molecule has 3 heteroatoms. The van der Waals surface area contributed by atoms with Gasteiger partial charge in [-0.2, -0.15) is 4.39 Å². The Labute approximate surface area is 123 Å². The van der Waals surface area contributed by atoms with Crippen LogP contribution in [0, 0.1) is 6.08 Å². The van der Waals surface area contributed by atoms with Crippen LogP contribution in [0.2, 0.25) is 0 Å². The maximum atomic E-state index is 13.6. The second kappa shape index (κ2) is 8.43. The molecule has 0 saturated heterocycles. The van der Waals surface area contributed by atoms with Crippen LogP contribution in [0.5, 0.6) is 0 Å². The third kappa shape index (κ3) is 4.60. The van der Waals surface area contributed by atoms with Gasteiger partial charge in [-0.3, -0.25) is 0 Å². The van der Waals surface area contributed by atoms with Crippen molar-refractivity contribution in [2.45, 2.75) is 84.0 Å². The summed E-state index contributed by atoms with van der Waals surface area (Å²) in [5.74, 6) is 0. The third-order valence-corrected chi connectivity index (χ3v) is 4.46. The first-order valence-electron chi connectivity index (χ1n) is 8.23. The van der Waals surface area contributed by atoms with Crippen LogP contribution in [0.4, 0.5) is 4.39 Å². The molecule has 1 aromatic rings. The van der Waals surface area contributed by atoms with E-state index in [0.717, 1.165) is 18.5 Å². The maximum absolute atomic E-state index is 13.6. The van der Waals surface area contributed by atoms with Crippen LogP contribution >= 0.6 is 0 Å². The van der Waals surface area contributed by atoms with Crippen LogP contribution in [-0.2, 0) is 12.5 Å². The van der Waals surface area contributed by atoms with E-state index in [2.05, 4.69) is 25.8 Å². The molecule has 1 rings (SSSR count). The van der Waals surface area contributed by atoms with Gasteiger partial charge in [-0.25, -0.2) is 4.98 Å². The zero-order valence-corrected chi connectivity index (χ0v) is 13.7. The molecular formula is C17H31FN2. The topological polar surface area (TPSA) is 17.8 Å². The average Bonchev–Trinajstić information content (AvgIpc) is 2.76. The normalized spacial score (nSPS) is 14.4. The molecule has 0 bridgehead atoms. The summed E-state index contributed by atoms with van der Waals surface area (Å²) < 4.78 is 15.2. The Morgan fingerprint density at radius 3 is 2.10 bits per heavy atom. The molecule has 0 spiro atoms. The lowest BCUT2D eigenvalue weighted by Gasteiger charge is -2.30. The molecule has 1 heterocycles. The minimum absolute atomic E-state index is 0.0645. The fourth-order valence-corrected chi connectivity index (χ4v) is 3.04. The van der Waals surface area contributed by atoms with E-state index in [4.69, 9.17) is 0 Å². The molecule has 0 saturated carbocycles. The molecule has 2 nitrogen and oxygen atoms in total. The second-order valence-electron chi connectivity index (χ2n) is 6.30. The number of aromatic nitrogens is 2. The maximum Gasteiger partial charge on any atom is 0.289 e. The molecule has 0 N–H and O–H groups in total. The van der Waals surface area contributed by atoms with Gasteiger partial charge in [0.1, 0.15) is 0 Å². The minimum Gasteiger partial charge on any atom is -0.307 e. The van der Waals surface area contributed by atoms with Gasteiger partial charge in [0.15, 0.2) is 0 Å². The SMILES string of the molecule is CCCCCCC(C)(CCCCC)c1cnc(F)n1C. The lowest BCUT2D eigenvalue weighted by atomic mass is 9.77. The van der Waals surface area contributed by atoms with Crippen molar-refractivity contribution in [2.24, 2.45) is 7.05 Å². The van der Waals surface area contributed by atoms with Crippen molar-refractivity contribution in [3.05, 3.63) is 18.0 Å². The second-order valence-corrected chi connectivity index (χ2v) is 6.30. The first-order valence-corrected chi connectivity index (χ1v) is 8.23. The fourth-order valence-electron chi connectivity index (χ4n) is 3.04. The summed E-state index contributed by atoms with van der Waals surface area (Å²) in [6, 6.07) is 0. The quantitative estimate of drug-likeness (QED) is 0.528. The summed E-state index contributed by atoms with van der Waals surface area (Å²) in [6.07, 6.45) is 12.4. The van der Waals surface area contributed by atoms with Gasteiger partial charge in [-0.15, -0.1) is 0 Å². The largest absolute Gasteiger partial charge is 0.307 e. The van der Waals surface area contributed by atoms with E-state index in [0.29, 0.717) is 0 Å². The van der Waals surface area contributed by atoms with Crippen LogP contribution in [0.15, 0.2) is 6.20 Å². The molecular weight excluding hydrogens is 251 g/mol. The van der Waals surface area contributed by atoms with Crippen molar-refractivity contribution in [3.63, 3.8) is 0 Å². The van der Waals surface area contributed by atoms with Gasteiger partial charge < -0.3 is 4.57 Å². The monoisotopic (exact) mass is 282 g/mol. The number of rotatable bonds is 10. The number of halogens is 1. The molecule has 0 aliphatic heterocycles. The van der Waals surface area contributed by atoms with E-state index in [9.17, 15) is 4.39 Å². The van der Waals surface area contributed by atoms with Crippen molar-refractivity contribution in [1.82, 2.24) is 9.55 Å². The van der Waals surface area contributed by atoms with Crippen molar-refractivity contribution in [1.29, 1.82) is 0 Å². The number of unbranched alkanes of at least 4 members (excludes halogenated alkanes) is 5. The van der Waals surface area contributed by atoms with Crippen molar-refractivity contribution in [2.75, 3.05) is 0 Å². The molecule has 1 unspecified atom stereocenters. The Kier molecular flexibility index (Phi) is 7.25. The highest BCUT2D eigenvalue weighted by molar-refractivity contribution is 5.14. The minimum atomic E-state index is -0.365. The Bertz CT molecular complexity index is 386. The number of nitrogens with zero attached hydrogens (tertiary/aromatic N) is 2. The van der Waals surface area contributed by atoms with Crippen LogP contribution in [0.3, 0.4) is 0 Å². The first kappa shape index (κ1) is 17.2. The Hall–Kier alpha value is -0.860. The van der Waals surface area contributed by atoms with Gasteiger partial charge in [0.2, 0.25) is 0 Å². The molecule has 1 aromatic heterocycles. The first-order chi connectivity index (χ1) is 9.55. The van der Waals surface area contributed by atoms with Crippen molar-refractivity contribution in [3.8, 4) is 0 Å². The van der Waals surface area contributed by atoms with Crippen LogP contribution in [0.1, 0.15) is 84.3 Å². The summed E-state index contributed by atoms with van der Waals surface area (Å²) >= 11 is 0. The van der Waals surface area contributed by atoms with Gasteiger partial charge in [-0.05, 0) is 12.8 Å². The van der Waals surface area contributed by atoms with Crippen LogP contribution in [-0.4, -0.2) is 9.55 Å². The van der Waals surface area contributed by atoms with E-state index >= 15 is 0 Å². The number of hydrogen-bond acceptors (Lipinski definition) is 1. The predicted octanol–water partition coefficient (Wildman–Crippen LogP) is 5.37. The molecule has 0 radical (unpaired) electrons. The predicted molar refractivity (Wildman–Crippen MR) is 83.4 cm³/mol. The summed E-state index contributed by atoms with van der Waals surface area (Å²) in [7, 11) is 1.79. The van der Waals surface area contributed by atoms with E-state index in [1.54, 1.807) is 17.8 Å². The molecule has 0 aliphatic carbocycles. The zero-order chi connectivity index (χ0) is 15.0.